The fourth-order valence-corrected chi connectivity index (χ4v) is 2.66. The summed E-state index contributed by atoms with van der Waals surface area (Å²) in [5, 5.41) is 7.62. The van der Waals surface area contributed by atoms with Crippen LogP contribution < -0.4 is 15.8 Å². The summed E-state index contributed by atoms with van der Waals surface area (Å²) in [5.41, 5.74) is 7.74. The number of nitrogens with zero attached hydrogens (tertiary/aromatic N) is 2. The Bertz CT molecular complexity index is 705. The maximum absolute atomic E-state index is 12.0. The van der Waals surface area contributed by atoms with Gasteiger partial charge in [-0.05, 0) is 31.0 Å². The number of anilines is 1. The van der Waals surface area contributed by atoms with Crippen LogP contribution in [0.3, 0.4) is 0 Å². The molecule has 2 aromatic rings. The molecule has 0 spiro atoms. The highest BCUT2D eigenvalue weighted by molar-refractivity contribution is 6.33. The minimum atomic E-state index is 0.0580. The van der Waals surface area contributed by atoms with Gasteiger partial charge in [-0.1, -0.05) is 11.6 Å². The lowest BCUT2D eigenvalue weighted by molar-refractivity contribution is -0.117. The maximum Gasteiger partial charge on any atom is 0.227 e. The van der Waals surface area contributed by atoms with Gasteiger partial charge in [-0.2, -0.15) is 5.10 Å². The van der Waals surface area contributed by atoms with Crippen molar-refractivity contribution in [2.75, 3.05) is 18.5 Å². The molecule has 0 bridgehead atoms. The van der Waals surface area contributed by atoms with Gasteiger partial charge in [-0.15, -0.1) is 0 Å². The molecule has 1 fully saturated rings. The lowest BCUT2D eigenvalue weighted by Crippen LogP contribution is -2.14. The number of benzene rings is 1. The summed E-state index contributed by atoms with van der Waals surface area (Å²) in [6.07, 6.45) is 3.51. The van der Waals surface area contributed by atoms with Gasteiger partial charge in [-0.25, -0.2) is 0 Å². The number of carbonyl (C=O) groups excluding carboxylic acids is 1. The lowest BCUT2D eigenvalue weighted by Gasteiger charge is -2.14. The van der Waals surface area contributed by atoms with Crippen molar-refractivity contribution in [3.05, 3.63) is 29.4 Å². The van der Waals surface area contributed by atoms with E-state index in [1.165, 1.54) is 0 Å². The first-order chi connectivity index (χ1) is 11.1. The second-order valence-corrected chi connectivity index (χ2v) is 5.98. The van der Waals surface area contributed by atoms with Crippen molar-refractivity contribution in [2.45, 2.75) is 12.8 Å². The summed E-state index contributed by atoms with van der Waals surface area (Å²) in [4.78, 5) is 12.0. The number of rotatable bonds is 6. The average molecular weight is 335 g/mol. The number of hydrogen-bond donors (Lipinski definition) is 2. The Labute approximate surface area is 139 Å². The van der Waals surface area contributed by atoms with E-state index in [4.69, 9.17) is 22.1 Å². The van der Waals surface area contributed by atoms with Gasteiger partial charge in [0.1, 0.15) is 12.4 Å². The van der Waals surface area contributed by atoms with Crippen molar-refractivity contribution in [3.8, 4) is 17.0 Å². The second kappa shape index (κ2) is 6.60. The van der Waals surface area contributed by atoms with E-state index in [1.807, 2.05) is 25.2 Å². The molecule has 0 radical (unpaired) electrons. The first kappa shape index (κ1) is 15.8. The number of carbonyl (C=O) groups is 1. The summed E-state index contributed by atoms with van der Waals surface area (Å²) < 4.78 is 7.38. The standard InChI is InChI=1S/C16H19ClN4O2/c1-21-15(13(17)9-19-21)12-8-11(20-16(22)10-2-3-10)4-5-14(12)23-7-6-18/h4-5,8-10H,2-3,6-7,18H2,1H3,(H,20,22). The van der Waals surface area contributed by atoms with Gasteiger partial charge in [0.2, 0.25) is 5.91 Å². The normalized spacial score (nSPS) is 13.9. The lowest BCUT2D eigenvalue weighted by atomic mass is 10.1. The fraction of sp³-hybridized carbons (Fsp3) is 0.375. The largest absolute Gasteiger partial charge is 0.492 e. The number of ether oxygens (including phenoxy) is 1. The Kier molecular flexibility index (Phi) is 4.54. The predicted molar refractivity (Wildman–Crippen MR) is 89.6 cm³/mol. The molecule has 3 N–H and O–H groups in total. The molecular weight excluding hydrogens is 316 g/mol. The molecule has 1 aliphatic rings. The highest BCUT2D eigenvalue weighted by Gasteiger charge is 2.29. The highest BCUT2D eigenvalue weighted by Crippen LogP contribution is 2.37. The van der Waals surface area contributed by atoms with E-state index in [2.05, 4.69) is 10.4 Å². The van der Waals surface area contributed by atoms with Gasteiger partial charge in [0, 0.05) is 30.8 Å². The third-order valence-corrected chi connectivity index (χ3v) is 4.00. The fourth-order valence-electron chi connectivity index (χ4n) is 2.39. The first-order valence-electron chi connectivity index (χ1n) is 7.56. The molecule has 122 valence electrons. The van der Waals surface area contributed by atoms with Crippen molar-refractivity contribution in [2.24, 2.45) is 18.7 Å². The molecule has 0 aliphatic heterocycles. The average Bonchev–Trinajstić information content (AvgIpc) is 3.32. The van der Waals surface area contributed by atoms with Crippen LogP contribution >= 0.6 is 11.6 Å². The van der Waals surface area contributed by atoms with Gasteiger partial charge in [-0.3, -0.25) is 9.48 Å². The number of aryl methyl sites for hydroxylation is 1. The number of amides is 1. The third kappa shape index (κ3) is 3.48. The molecule has 6 nitrogen and oxygen atoms in total. The number of nitrogens with one attached hydrogen (secondary N) is 1. The Morgan fingerprint density at radius 3 is 2.91 bits per heavy atom. The summed E-state index contributed by atoms with van der Waals surface area (Å²) >= 11 is 6.25. The van der Waals surface area contributed by atoms with Gasteiger partial charge in [0.05, 0.1) is 16.9 Å². The van der Waals surface area contributed by atoms with Crippen LogP contribution in [0.15, 0.2) is 24.4 Å². The molecule has 0 unspecified atom stereocenters. The SMILES string of the molecule is Cn1ncc(Cl)c1-c1cc(NC(=O)C2CC2)ccc1OCCN. The highest BCUT2D eigenvalue weighted by atomic mass is 35.5. The van der Waals surface area contributed by atoms with Crippen LogP contribution in [0.5, 0.6) is 5.75 Å². The molecule has 1 saturated carbocycles. The summed E-state index contributed by atoms with van der Waals surface area (Å²) in [6, 6.07) is 5.49. The van der Waals surface area contributed by atoms with Crippen LogP contribution in [0.4, 0.5) is 5.69 Å². The molecule has 7 heteroatoms. The van der Waals surface area contributed by atoms with Crippen molar-refractivity contribution in [3.63, 3.8) is 0 Å². The van der Waals surface area contributed by atoms with Crippen LogP contribution in [0.2, 0.25) is 5.02 Å². The molecular formula is C16H19ClN4O2. The van der Waals surface area contributed by atoms with Crippen LogP contribution in [0, 0.1) is 5.92 Å². The first-order valence-corrected chi connectivity index (χ1v) is 7.93. The van der Waals surface area contributed by atoms with Gasteiger partial charge in [0.25, 0.3) is 0 Å². The molecule has 1 amide bonds. The molecule has 1 aliphatic carbocycles. The Balaban J connectivity index is 1.96. The molecule has 1 aromatic carbocycles. The monoisotopic (exact) mass is 334 g/mol. The predicted octanol–water partition coefficient (Wildman–Crippen LogP) is 2.43. The van der Waals surface area contributed by atoms with E-state index >= 15 is 0 Å². The van der Waals surface area contributed by atoms with E-state index in [-0.39, 0.29) is 11.8 Å². The van der Waals surface area contributed by atoms with Crippen molar-refractivity contribution in [1.29, 1.82) is 0 Å². The Morgan fingerprint density at radius 2 is 2.30 bits per heavy atom. The summed E-state index contributed by atoms with van der Waals surface area (Å²) in [5.74, 6) is 0.861. The molecule has 23 heavy (non-hydrogen) atoms. The van der Waals surface area contributed by atoms with Gasteiger partial charge in [0.15, 0.2) is 0 Å². The number of hydrogen-bond acceptors (Lipinski definition) is 4. The summed E-state index contributed by atoms with van der Waals surface area (Å²) in [6.45, 7) is 0.814. The van der Waals surface area contributed by atoms with Crippen LogP contribution in [-0.2, 0) is 11.8 Å². The van der Waals surface area contributed by atoms with Crippen molar-refractivity contribution < 1.29 is 9.53 Å². The molecule has 0 saturated heterocycles. The quantitative estimate of drug-likeness (QED) is 0.850. The minimum absolute atomic E-state index is 0.0580. The van der Waals surface area contributed by atoms with E-state index in [0.29, 0.717) is 29.6 Å². The third-order valence-electron chi connectivity index (χ3n) is 3.72. The summed E-state index contributed by atoms with van der Waals surface area (Å²) in [7, 11) is 1.81. The van der Waals surface area contributed by atoms with Crippen molar-refractivity contribution in [1.82, 2.24) is 9.78 Å². The van der Waals surface area contributed by atoms with E-state index in [0.717, 1.165) is 24.1 Å². The minimum Gasteiger partial charge on any atom is -0.492 e. The van der Waals surface area contributed by atoms with E-state index in [9.17, 15) is 4.79 Å². The zero-order valence-electron chi connectivity index (χ0n) is 12.9. The van der Waals surface area contributed by atoms with E-state index in [1.54, 1.807) is 10.9 Å². The molecule has 1 heterocycles. The second-order valence-electron chi connectivity index (χ2n) is 5.58. The van der Waals surface area contributed by atoms with E-state index < -0.39 is 0 Å². The number of halogens is 1. The zero-order chi connectivity index (χ0) is 16.4. The van der Waals surface area contributed by atoms with Crippen LogP contribution in [0.1, 0.15) is 12.8 Å². The Morgan fingerprint density at radius 1 is 1.52 bits per heavy atom. The molecule has 1 aromatic heterocycles. The van der Waals surface area contributed by atoms with Crippen LogP contribution in [-0.4, -0.2) is 28.8 Å². The van der Waals surface area contributed by atoms with Gasteiger partial charge < -0.3 is 15.8 Å². The topological polar surface area (TPSA) is 82.2 Å². The number of aromatic nitrogens is 2. The van der Waals surface area contributed by atoms with Crippen LogP contribution in [0.25, 0.3) is 11.3 Å². The smallest absolute Gasteiger partial charge is 0.227 e. The van der Waals surface area contributed by atoms with Crippen molar-refractivity contribution >= 4 is 23.2 Å². The zero-order valence-corrected chi connectivity index (χ0v) is 13.6. The molecule has 3 rings (SSSR count). The van der Waals surface area contributed by atoms with Gasteiger partial charge >= 0.3 is 0 Å². The molecule has 0 atom stereocenters. The Hall–Kier alpha value is -2.05. The maximum atomic E-state index is 12.0. The number of nitrogens with two attached hydrogens (primary N) is 1.